The third-order valence-corrected chi connectivity index (χ3v) is 2.97. The highest BCUT2D eigenvalue weighted by atomic mass is 15.0. The van der Waals surface area contributed by atoms with E-state index in [1.807, 2.05) is 48.7 Å². The molecule has 1 aromatic carbocycles. The molecule has 2 aromatic heterocycles. The summed E-state index contributed by atoms with van der Waals surface area (Å²) in [5.74, 6) is 1.76. The van der Waals surface area contributed by atoms with E-state index in [-0.39, 0.29) is 0 Å². The topological polar surface area (TPSA) is 76.7 Å². The Balaban J connectivity index is 1.82. The fourth-order valence-electron chi connectivity index (χ4n) is 1.97. The number of nitrogen functional groups attached to an aromatic ring is 1. The smallest absolute Gasteiger partial charge is 0.163 e. The predicted octanol–water partition coefficient (Wildman–Crippen LogP) is 2.73. The maximum atomic E-state index is 5.86. The first-order valence-electron chi connectivity index (χ1n) is 6.64. The monoisotopic (exact) mass is 277 g/mol. The van der Waals surface area contributed by atoms with Crippen LogP contribution in [0.2, 0.25) is 0 Å². The molecule has 0 fully saturated rings. The number of hydrogen-bond acceptors (Lipinski definition) is 5. The molecule has 0 aliphatic carbocycles. The normalized spacial score (nSPS) is 10.3. The first-order valence-corrected chi connectivity index (χ1v) is 6.64. The van der Waals surface area contributed by atoms with Gasteiger partial charge in [0.05, 0.1) is 0 Å². The van der Waals surface area contributed by atoms with Gasteiger partial charge in [0.15, 0.2) is 5.82 Å². The van der Waals surface area contributed by atoms with Crippen LogP contribution >= 0.6 is 0 Å². The molecule has 0 amide bonds. The molecule has 104 valence electrons. The van der Waals surface area contributed by atoms with Crippen LogP contribution in [0.3, 0.4) is 0 Å². The van der Waals surface area contributed by atoms with E-state index in [1.165, 1.54) is 0 Å². The molecule has 0 atom stereocenters. The van der Waals surface area contributed by atoms with Gasteiger partial charge in [0.25, 0.3) is 0 Å². The Hall–Kier alpha value is -2.95. The van der Waals surface area contributed by atoms with E-state index >= 15 is 0 Å². The lowest BCUT2D eigenvalue weighted by Crippen LogP contribution is -2.05. The summed E-state index contributed by atoms with van der Waals surface area (Å²) in [6.07, 6.45) is 3.56. The van der Waals surface area contributed by atoms with Crippen LogP contribution in [0.4, 0.5) is 11.6 Å². The highest BCUT2D eigenvalue weighted by Crippen LogP contribution is 2.18. The van der Waals surface area contributed by atoms with Crippen molar-refractivity contribution in [2.75, 3.05) is 11.1 Å². The second-order valence-electron chi connectivity index (χ2n) is 4.58. The summed E-state index contributed by atoms with van der Waals surface area (Å²) in [5, 5.41) is 3.24. The summed E-state index contributed by atoms with van der Waals surface area (Å²) in [6.45, 7) is 0.637. The van der Waals surface area contributed by atoms with Crippen molar-refractivity contribution in [3.63, 3.8) is 0 Å². The second-order valence-corrected chi connectivity index (χ2v) is 4.58. The molecule has 2 heterocycles. The van der Waals surface area contributed by atoms with E-state index in [4.69, 9.17) is 5.73 Å². The van der Waals surface area contributed by atoms with E-state index in [2.05, 4.69) is 20.3 Å². The Bertz CT molecular complexity index is 713. The number of benzene rings is 1. The van der Waals surface area contributed by atoms with Crippen LogP contribution in [0.25, 0.3) is 11.4 Å². The summed E-state index contributed by atoms with van der Waals surface area (Å²) in [7, 11) is 0. The van der Waals surface area contributed by atoms with Gasteiger partial charge in [-0.05, 0) is 11.6 Å². The van der Waals surface area contributed by atoms with Crippen molar-refractivity contribution in [3.05, 3.63) is 66.5 Å². The average molecular weight is 277 g/mol. The quantitative estimate of drug-likeness (QED) is 0.766. The Kier molecular flexibility index (Phi) is 3.73. The Morgan fingerprint density at radius 3 is 2.62 bits per heavy atom. The lowest BCUT2D eigenvalue weighted by molar-refractivity contribution is 1.07. The fraction of sp³-hybridized carbons (Fsp3) is 0.0625. The molecule has 0 bridgehead atoms. The van der Waals surface area contributed by atoms with Gasteiger partial charge in [0, 0.05) is 30.6 Å². The number of nitrogens with one attached hydrogen (secondary N) is 1. The molecular weight excluding hydrogens is 262 g/mol. The Labute approximate surface area is 122 Å². The van der Waals surface area contributed by atoms with Crippen molar-refractivity contribution in [1.82, 2.24) is 15.0 Å². The van der Waals surface area contributed by atoms with Crippen molar-refractivity contribution in [3.8, 4) is 11.4 Å². The average Bonchev–Trinajstić information content (AvgIpc) is 2.54. The van der Waals surface area contributed by atoms with Crippen LogP contribution in [0.15, 0.2) is 60.9 Å². The number of rotatable bonds is 4. The van der Waals surface area contributed by atoms with Gasteiger partial charge in [0.2, 0.25) is 0 Å². The molecule has 21 heavy (non-hydrogen) atoms. The number of anilines is 2. The minimum absolute atomic E-state index is 0.442. The molecule has 3 N–H and O–H groups in total. The number of hydrogen-bond donors (Lipinski definition) is 2. The van der Waals surface area contributed by atoms with E-state index in [0.717, 1.165) is 11.1 Å². The van der Waals surface area contributed by atoms with Gasteiger partial charge in [-0.3, -0.25) is 4.98 Å². The highest BCUT2D eigenvalue weighted by Gasteiger charge is 2.05. The maximum Gasteiger partial charge on any atom is 0.163 e. The molecular formula is C16H15N5. The van der Waals surface area contributed by atoms with Crippen LogP contribution in [-0.2, 0) is 6.54 Å². The predicted molar refractivity (Wildman–Crippen MR) is 83.4 cm³/mol. The minimum atomic E-state index is 0.442. The van der Waals surface area contributed by atoms with Crippen molar-refractivity contribution in [2.24, 2.45) is 0 Å². The van der Waals surface area contributed by atoms with Crippen molar-refractivity contribution in [2.45, 2.75) is 6.54 Å². The molecule has 0 radical (unpaired) electrons. The molecule has 0 spiro atoms. The summed E-state index contributed by atoms with van der Waals surface area (Å²) >= 11 is 0. The molecule has 3 aromatic rings. The van der Waals surface area contributed by atoms with E-state index in [0.29, 0.717) is 24.0 Å². The molecule has 0 aliphatic rings. The van der Waals surface area contributed by atoms with Crippen LogP contribution in [0.1, 0.15) is 5.56 Å². The van der Waals surface area contributed by atoms with Gasteiger partial charge >= 0.3 is 0 Å². The third kappa shape index (κ3) is 3.33. The number of aromatic nitrogens is 3. The standard InChI is InChI=1S/C16H15N5/c17-14-9-15(19-11-12-5-4-8-18-10-12)21-16(20-14)13-6-2-1-3-7-13/h1-10H,11H2,(H3,17,19,20,21). The number of nitrogens with two attached hydrogens (primary N) is 1. The number of pyridine rings is 1. The molecule has 0 aliphatic heterocycles. The molecule has 3 rings (SSSR count). The first kappa shape index (κ1) is 13.1. The SMILES string of the molecule is Nc1cc(NCc2cccnc2)nc(-c2ccccc2)n1. The zero-order chi connectivity index (χ0) is 14.5. The first-order chi connectivity index (χ1) is 10.3. The van der Waals surface area contributed by atoms with Gasteiger partial charge in [0.1, 0.15) is 11.6 Å². The van der Waals surface area contributed by atoms with Crippen LogP contribution in [0.5, 0.6) is 0 Å². The number of nitrogens with zero attached hydrogens (tertiary/aromatic N) is 3. The molecule has 0 saturated heterocycles. The van der Waals surface area contributed by atoms with Gasteiger partial charge in [-0.15, -0.1) is 0 Å². The Morgan fingerprint density at radius 2 is 1.86 bits per heavy atom. The van der Waals surface area contributed by atoms with Crippen molar-refractivity contribution >= 4 is 11.6 Å². The fourth-order valence-corrected chi connectivity index (χ4v) is 1.97. The van der Waals surface area contributed by atoms with Gasteiger partial charge in [-0.1, -0.05) is 36.4 Å². The van der Waals surface area contributed by atoms with Gasteiger partial charge in [-0.25, -0.2) is 9.97 Å². The third-order valence-electron chi connectivity index (χ3n) is 2.97. The molecule has 0 saturated carbocycles. The summed E-state index contributed by atoms with van der Waals surface area (Å²) < 4.78 is 0. The lowest BCUT2D eigenvalue weighted by Gasteiger charge is -2.08. The van der Waals surface area contributed by atoms with E-state index in [9.17, 15) is 0 Å². The molecule has 0 unspecified atom stereocenters. The van der Waals surface area contributed by atoms with Crippen LogP contribution in [0, 0.1) is 0 Å². The molecule has 5 nitrogen and oxygen atoms in total. The van der Waals surface area contributed by atoms with E-state index < -0.39 is 0 Å². The summed E-state index contributed by atoms with van der Waals surface area (Å²) in [4.78, 5) is 12.9. The summed E-state index contributed by atoms with van der Waals surface area (Å²) in [6, 6.07) is 15.4. The summed E-state index contributed by atoms with van der Waals surface area (Å²) in [5.41, 5.74) is 7.88. The maximum absolute atomic E-state index is 5.86. The zero-order valence-electron chi connectivity index (χ0n) is 11.4. The highest BCUT2D eigenvalue weighted by molar-refractivity contribution is 5.60. The largest absolute Gasteiger partial charge is 0.384 e. The van der Waals surface area contributed by atoms with Crippen LogP contribution < -0.4 is 11.1 Å². The van der Waals surface area contributed by atoms with Crippen molar-refractivity contribution in [1.29, 1.82) is 0 Å². The zero-order valence-corrected chi connectivity index (χ0v) is 11.4. The second kappa shape index (κ2) is 6.00. The molecule has 5 heteroatoms. The Morgan fingerprint density at radius 1 is 1.00 bits per heavy atom. The van der Waals surface area contributed by atoms with Gasteiger partial charge in [-0.2, -0.15) is 0 Å². The van der Waals surface area contributed by atoms with Gasteiger partial charge < -0.3 is 11.1 Å². The lowest BCUT2D eigenvalue weighted by atomic mass is 10.2. The van der Waals surface area contributed by atoms with Crippen LogP contribution in [-0.4, -0.2) is 15.0 Å². The van der Waals surface area contributed by atoms with E-state index in [1.54, 1.807) is 12.3 Å². The van der Waals surface area contributed by atoms with Crippen molar-refractivity contribution < 1.29 is 0 Å². The minimum Gasteiger partial charge on any atom is -0.384 e.